The van der Waals surface area contributed by atoms with Crippen molar-refractivity contribution in [2.45, 2.75) is 6.54 Å². The van der Waals surface area contributed by atoms with E-state index in [0.29, 0.717) is 12.1 Å². The van der Waals surface area contributed by atoms with Gasteiger partial charge in [-0.3, -0.25) is 4.79 Å². The maximum Gasteiger partial charge on any atom is 0.316 e. The second kappa shape index (κ2) is 8.57. The van der Waals surface area contributed by atoms with Gasteiger partial charge in [-0.2, -0.15) is 4.98 Å². The second-order valence-corrected chi connectivity index (χ2v) is 7.28. The standard InChI is InChI=1S/C22H15Cl2N3O3/c23-17-10-16(11-18(24)19(17)28)20-26-22(30-27-20)21(29)25-12-13-5-4-8-15(9-13)14-6-2-1-3-7-14/h1-11,28H,12H2,(H,25,29). The molecular weight excluding hydrogens is 425 g/mol. The van der Waals surface area contributed by atoms with Crippen molar-refractivity contribution in [1.82, 2.24) is 15.5 Å². The van der Waals surface area contributed by atoms with E-state index >= 15 is 0 Å². The summed E-state index contributed by atoms with van der Waals surface area (Å²) in [5.74, 6) is -0.796. The van der Waals surface area contributed by atoms with Crippen LogP contribution in [-0.4, -0.2) is 21.2 Å². The first kappa shape index (κ1) is 19.9. The molecule has 0 spiro atoms. The topological polar surface area (TPSA) is 88.2 Å². The molecule has 0 unspecified atom stereocenters. The van der Waals surface area contributed by atoms with Gasteiger partial charge in [0, 0.05) is 12.1 Å². The molecule has 3 aromatic carbocycles. The highest BCUT2D eigenvalue weighted by Crippen LogP contribution is 2.35. The predicted octanol–water partition coefficient (Wildman–Crippen LogP) is 5.35. The van der Waals surface area contributed by atoms with Gasteiger partial charge in [0.25, 0.3) is 0 Å². The first-order valence-corrected chi connectivity index (χ1v) is 9.71. The van der Waals surface area contributed by atoms with Crippen molar-refractivity contribution in [1.29, 1.82) is 0 Å². The lowest BCUT2D eigenvalue weighted by Crippen LogP contribution is -2.23. The summed E-state index contributed by atoms with van der Waals surface area (Å²) in [4.78, 5) is 16.5. The number of phenolic OH excluding ortho intramolecular Hbond substituents is 1. The van der Waals surface area contributed by atoms with Gasteiger partial charge in [-0.25, -0.2) is 0 Å². The molecule has 30 heavy (non-hydrogen) atoms. The number of nitrogens with zero attached hydrogens (tertiary/aromatic N) is 2. The summed E-state index contributed by atoms with van der Waals surface area (Å²) in [5, 5.41) is 16.3. The number of nitrogens with one attached hydrogen (secondary N) is 1. The first-order chi connectivity index (χ1) is 14.5. The molecule has 0 aliphatic heterocycles. The van der Waals surface area contributed by atoms with Crippen molar-refractivity contribution in [2.24, 2.45) is 0 Å². The number of hydrogen-bond acceptors (Lipinski definition) is 5. The number of phenols is 1. The Kier molecular flexibility index (Phi) is 5.70. The van der Waals surface area contributed by atoms with E-state index in [-0.39, 0.29) is 27.5 Å². The van der Waals surface area contributed by atoms with Gasteiger partial charge in [0.1, 0.15) is 0 Å². The number of benzene rings is 3. The molecular formula is C22H15Cl2N3O3. The lowest BCUT2D eigenvalue weighted by atomic mass is 10.0. The van der Waals surface area contributed by atoms with Crippen molar-refractivity contribution in [3.63, 3.8) is 0 Å². The minimum Gasteiger partial charge on any atom is -0.505 e. The summed E-state index contributed by atoms with van der Waals surface area (Å²) < 4.78 is 5.05. The summed E-state index contributed by atoms with van der Waals surface area (Å²) in [6.45, 7) is 0.300. The molecule has 0 saturated heterocycles. The number of carbonyl (C=O) groups is 1. The van der Waals surface area contributed by atoms with E-state index in [2.05, 4.69) is 15.5 Å². The van der Waals surface area contributed by atoms with Crippen molar-refractivity contribution in [3.8, 4) is 28.3 Å². The summed E-state index contributed by atoms with van der Waals surface area (Å²) in [7, 11) is 0. The fourth-order valence-corrected chi connectivity index (χ4v) is 3.36. The highest BCUT2D eigenvalue weighted by Gasteiger charge is 2.18. The van der Waals surface area contributed by atoms with E-state index in [4.69, 9.17) is 27.7 Å². The average Bonchev–Trinajstić information content (AvgIpc) is 3.27. The Morgan fingerprint density at radius 2 is 1.63 bits per heavy atom. The van der Waals surface area contributed by atoms with E-state index in [1.807, 2.05) is 54.6 Å². The third-order valence-corrected chi connectivity index (χ3v) is 4.96. The van der Waals surface area contributed by atoms with Crippen molar-refractivity contribution in [2.75, 3.05) is 0 Å². The lowest BCUT2D eigenvalue weighted by Gasteiger charge is -2.06. The van der Waals surface area contributed by atoms with E-state index in [1.54, 1.807) is 0 Å². The van der Waals surface area contributed by atoms with Crippen LogP contribution in [0.4, 0.5) is 0 Å². The zero-order chi connectivity index (χ0) is 21.1. The van der Waals surface area contributed by atoms with Crippen LogP contribution in [0.3, 0.4) is 0 Å². The molecule has 4 aromatic rings. The maximum absolute atomic E-state index is 12.4. The van der Waals surface area contributed by atoms with Crippen LogP contribution in [0.1, 0.15) is 16.2 Å². The Hall–Kier alpha value is -3.35. The molecule has 1 aromatic heterocycles. The molecule has 4 rings (SSSR count). The maximum atomic E-state index is 12.4. The van der Waals surface area contributed by atoms with Crippen molar-refractivity contribution in [3.05, 3.63) is 88.2 Å². The normalized spacial score (nSPS) is 10.7. The predicted molar refractivity (Wildman–Crippen MR) is 114 cm³/mol. The van der Waals surface area contributed by atoms with Gasteiger partial charge in [0.15, 0.2) is 5.75 Å². The molecule has 0 radical (unpaired) electrons. The summed E-state index contributed by atoms with van der Waals surface area (Å²) in [6, 6.07) is 20.7. The molecule has 0 atom stereocenters. The van der Waals surface area contributed by atoms with Gasteiger partial charge in [-0.15, -0.1) is 0 Å². The minimum absolute atomic E-state index is 0.0478. The Balaban J connectivity index is 1.46. The van der Waals surface area contributed by atoms with Gasteiger partial charge >= 0.3 is 11.8 Å². The van der Waals surface area contributed by atoms with Gasteiger partial charge in [0.05, 0.1) is 10.0 Å². The molecule has 8 heteroatoms. The van der Waals surface area contributed by atoms with Gasteiger partial charge in [0.2, 0.25) is 5.82 Å². The van der Waals surface area contributed by atoms with Crippen LogP contribution in [0.2, 0.25) is 10.0 Å². The Labute approximate surface area is 182 Å². The Bertz CT molecular complexity index is 1190. The van der Waals surface area contributed by atoms with Crippen LogP contribution >= 0.6 is 23.2 Å². The van der Waals surface area contributed by atoms with E-state index < -0.39 is 5.91 Å². The third-order valence-electron chi connectivity index (χ3n) is 4.38. The number of carbonyl (C=O) groups excluding carboxylic acids is 1. The number of aromatic nitrogens is 2. The SMILES string of the molecule is O=C(NCc1cccc(-c2ccccc2)c1)c1nc(-c2cc(Cl)c(O)c(Cl)c2)no1. The summed E-state index contributed by atoms with van der Waals surface area (Å²) in [6.07, 6.45) is 0. The van der Waals surface area contributed by atoms with Crippen molar-refractivity contribution < 1.29 is 14.4 Å². The third kappa shape index (κ3) is 4.30. The molecule has 1 amide bonds. The van der Waals surface area contributed by atoms with E-state index in [9.17, 15) is 9.90 Å². The molecule has 150 valence electrons. The van der Waals surface area contributed by atoms with Crippen molar-refractivity contribution >= 4 is 29.1 Å². The zero-order valence-corrected chi connectivity index (χ0v) is 17.0. The second-order valence-electron chi connectivity index (χ2n) is 6.46. The molecule has 1 heterocycles. The van der Waals surface area contributed by atoms with Gasteiger partial charge in [-0.05, 0) is 34.9 Å². The van der Waals surface area contributed by atoms with Crippen LogP contribution in [0, 0.1) is 0 Å². The highest BCUT2D eigenvalue weighted by atomic mass is 35.5. The average molecular weight is 440 g/mol. The van der Waals surface area contributed by atoms with Gasteiger partial charge < -0.3 is 14.9 Å². The zero-order valence-electron chi connectivity index (χ0n) is 15.5. The van der Waals surface area contributed by atoms with Crippen LogP contribution in [0.5, 0.6) is 5.75 Å². The first-order valence-electron chi connectivity index (χ1n) is 8.96. The largest absolute Gasteiger partial charge is 0.505 e. The highest BCUT2D eigenvalue weighted by molar-refractivity contribution is 6.37. The molecule has 2 N–H and O–H groups in total. The van der Waals surface area contributed by atoms with E-state index in [1.165, 1.54) is 12.1 Å². The molecule has 6 nitrogen and oxygen atoms in total. The van der Waals surface area contributed by atoms with Gasteiger partial charge in [-0.1, -0.05) is 76.9 Å². The summed E-state index contributed by atoms with van der Waals surface area (Å²) in [5.41, 5.74) is 3.50. The number of halogens is 2. The quantitative estimate of drug-likeness (QED) is 0.437. The number of aromatic hydroxyl groups is 1. The number of hydrogen-bond donors (Lipinski definition) is 2. The molecule has 0 saturated carbocycles. The van der Waals surface area contributed by atoms with E-state index in [0.717, 1.165) is 16.7 Å². The molecule has 0 fully saturated rings. The number of amides is 1. The van der Waals surface area contributed by atoms with Crippen LogP contribution in [0.25, 0.3) is 22.5 Å². The van der Waals surface area contributed by atoms with Crippen LogP contribution < -0.4 is 5.32 Å². The molecule has 0 aliphatic rings. The van der Waals surface area contributed by atoms with Crippen LogP contribution in [-0.2, 0) is 6.54 Å². The fraction of sp³-hybridized carbons (Fsp3) is 0.0455. The van der Waals surface area contributed by atoms with Crippen LogP contribution in [0.15, 0.2) is 71.3 Å². The monoisotopic (exact) mass is 439 g/mol. The lowest BCUT2D eigenvalue weighted by molar-refractivity contribution is 0.0907. The Morgan fingerprint density at radius 1 is 0.933 bits per heavy atom. The minimum atomic E-state index is -0.505. The smallest absolute Gasteiger partial charge is 0.316 e. The fourth-order valence-electron chi connectivity index (χ4n) is 2.88. The molecule has 0 bridgehead atoms. The summed E-state index contributed by atoms with van der Waals surface area (Å²) >= 11 is 11.8. The number of rotatable bonds is 5. The Morgan fingerprint density at radius 3 is 2.37 bits per heavy atom. The molecule has 0 aliphatic carbocycles.